The summed E-state index contributed by atoms with van der Waals surface area (Å²) in [5.41, 5.74) is 9.22. The number of rotatable bonds is 3. The molecule has 0 saturated carbocycles. The van der Waals surface area contributed by atoms with Crippen LogP contribution in [0.1, 0.15) is 11.1 Å². The van der Waals surface area contributed by atoms with Crippen LogP contribution in [0.5, 0.6) is 11.5 Å². The molecule has 110 valence electrons. The first-order chi connectivity index (χ1) is 10.8. The average Bonchev–Trinajstić information content (AvgIpc) is 3.01. The minimum atomic E-state index is 0.308. The van der Waals surface area contributed by atoms with E-state index in [4.69, 9.17) is 15.2 Å². The van der Waals surface area contributed by atoms with Gasteiger partial charge in [0.1, 0.15) is 12.1 Å². The first-order valence-corrected chi connectivity index (χ1v) is 7.17. The number of benzene rings is 2. The Bertz CT molecular complexity index is 848. The Hall–Kier alpha value is -2.82. The lowest BCUT2D eigenvalue weighted by Gasteiger charge is -2.06. The van der Waals surface area contributed by atoms with Gasteiger partial charge >= 0.3 is 0 Å². The molecule has 2 heterocycles. The van der Waals surface area contributed by atoms with Crippen LogP contribution in [-0.2, 0) is 12.8 Å². The van der Waals surface area contributed by atoms with Gasteiger partial charge in [-0.2, -0.15) is 0 Å². The van der Waals surface area contributed by atoms with Crippen LogP contribution in [0.25, 0.3) is 10.9 Å². The third kappa shape index (κ3) is 2.30. The smallest absolute Gasteiger partial charge is 0.231 e. The number of nitrogens with two attached hydrogens (primary N) is 1. The molecule has 0 amide bonds. The monoisotopic (exact) mass is 293 g/mol. The zero-order chi connectivity index (χ0) is 14.9. The van der Waals surface area contributed by atoms with Gasteiger partial charge in [-0.1, -0.05) is 12.1 Å². The van der Waals surface area contributed by atoms with E-state index in [1.54, 1.807) is 0 Å². The number of aromatic nitrogens is 2. The summed E-state index contributed by atoms with van der Waals surface area (Å²) < 4.78 is 10.7. The molecule has 5 heteroatoms. The van der Waals surface area contributed by atoms with Crippen molar-refractivity contribution >= 4 is 16.7 Å². The highest BCUT2D eigenvalue weighted by Crippen LogP contribution is 2.32. The summed E-state index contributed by atoms with van der Waals surface area (Å²) in [5, 5.41) is 0.908. The van der Waals surface area contributed by atoms with Crippen molar-refractivity contribution < 1.29 is 9.47 Å². The lowest BCUT2D eigenvalue weighted by molar-refractivity contribution is 0.174. The number of ether oxygens (including phenoxy) is 2. The fourth-order valence-electron chi connectivity index (χ4n) is 2.66. The van der Waals surface area contributed by atoms with E-state index >= 15 is 0 Å². The molecular weight excluding hydrogens is 278 g/mol. The molecule has 0 atom stereocenters. The molecule has 0 spiro atoms. The molecule has 22 heavy (non-hydrogen) atoms. The fourth-order valence-corrected chi connectivity index (χ4v) is 2.66. The third-order valence-corrected chi connectivity index (χ3v) is 3.87. The Balaban J connectivity index is 1.55. The van der Waals surface area contributed by atoms with E-state index in [9.17, 15) is 0 Å². The molecule has 3 aromatic rings. The van der Waals surface area contributed by atoms with Crippen molar-refractivity contribution in [3.63, 3.8) is 0 Å². The van der Waals surface area contributed by atoms with Crippen LogP contribution < -0.4 is 15.2 Å². The maximum absolute atomic E-state index is 5.91. The van der Waals surface area contributed by atoms with Crippen molar-refractivity contribution in [2.45, 2.75) is 12.8 Å². The highest BCUT2D eigenvalue weighted by molar-refractivity contribution is 5.88. The second-order valence-electron chi connectivity index (χ2n) is 5.30. The fraction of sp³-hybridized carbons (Fsp3) is 0.176. The number of hydrogen-bond donors (Lipinski definition) is 1. The Labute approximate surface area is 127 Å². The van der Waals surface area contributed by atoms with Gasteiger partial charge in [0, 0.05) is 5.39 Å². The number of anilines is 1. The van der Waals surface area contributed by atoms with Gasteiger partial charge in [0.05, 0.1) is 5.52 Å². The molecule has 5 nitrogen and oxygen atoms in total. The largest absolute Gasteiger partial charge is 0.454 e. The molecule has 0 radical (unpaired) electrons. The first-order valence-electron chi connectivity index (χ1n) is 7.17. The Morgan fingerprint density at radius 2 is 1.68 bits per heavy atom. The summed E-state index contributed by atoms with van der Waals surface area (Å²) in [7, 11) is 0. The topological polar surface area (TPSA) is 70.3 Å². The van der Waals surface area contributed by atoms with E-state index < -0.39 is 0 Å². The zero-order valence-corrected chi connectivity index (χ0v) is 12.0. The minimum Gasteiger partial charge on any atom is -0.454 e. The molecule has 2 N–H and O–H groups in total. The van der Waals surface area contributed by atoms with Gasteiger partial charge in [0.15, 0.2) is 11.5 Å². The molecule has 0 unspecified atom stereocenters. The molecule has 4 rings (SSSR count). The molecule has 1 aliphatic rings. The van der Waals surface area contributed by atoms with E-state index in [1.165, 1.54) is 17.5 Å². The third-order valence-electron chi connectivity index (χ3n) is 3.87. The van der Waals surface area contributed by atoms with Gasteiger partial charge in [-0.05, 0) is 48.2 Å². The van der Waals surface area contributed by atoms with E-state index in [1.807, 2.05) is 18.2 Å². The molecule has 0 fully saturated rings. The van der Waals surface area contributed by atoms with Crippen LogP contribution in [-0.4, -0.2) is 16.8 Å². The van der Waals surface area contributed by atoms with Crippen molar-refractivity contribution in [1.29, 1.82) is 0 Å². The van der Waals surface area contributed by atoms with Crippen LogP contribution in [0, 0.1) is 0 Å². The molecule has 1 aliphatic heterocycles. The number of aryl methyl sites for hydroxylation is 2. The maximum atomic E-state index is 5.91. The van der Waals surface area contributed by atoms with Gasteiger partial charge in [-0.3, -0.25) is 0 Å². The van der Waals surface area contributed by atoms with Crippen molar-refractivity contribution in [2.75, 3.05) is 12.5 Å². The molecule has 2 aromatic carbocycles. The highest BCUT2D eigenvalue weighted by atomic mass is 16.7. The van der Waals surface area contributed by atoms with E-state index in [2.05, 4.69) is 28.2 Å². The van der Waals surface area contributed by atoms with Crippen molar-refractivity contribution in [1.82, 2.24) is 9.97 Å². The summed E-state index contributed by atoms with van der Waals surface area (Å²) in [6.45, 7) is 0.308. The predicted molar refractivity (Wildman–Crippen MR) is 83.9 cm³/mol. The number of hydrogen-bond acceptors (Lipinski definition) is 5. The van der Waals surface area contributed by atoms with Gasteiger partial charge in [-0.15, -0.1) is 0 Å². The highest BCUT2D eigenvalue weighted by Gasteiger charge is 2.13. The lowest BCUT2D eigenvalue weighted by atomic mass is 10.0. The summed E-state index contributed by atoms with van der Waals surface area (Å²) in [6.07, 6.45) is 3.34. The quantitative estimate of drug-likeness (QED) is 0.804. The Kier molecular flexibility index (Phi) is 3.04. The first kappa shape index (κ1) is 12.9. The number of fused-ring (bicyclic) bond motifs is 2. The Morgan fingerprint density at radius 1 is 0.909 bits per heavy atom. The van der Waals surface area contributed by atoms with Crippen molar-refractivity contribution in [3.8, 4) is 11.5 Å². The molecule has 0 bridgehead atoms. The van der Waals surface area contributed by atoms with Crippen LogP contribution in [0.2, 0.25) is 0 Å². The Morgan fingerprint density at radius 3 is 2.59 bits per heavy atom. The predicted octanol–water partition coefficient (Wildman–Crippen LogP) is 2.73. The van der Waals surface area contributed by atoms with Crippen LogP contribution >= 0.6 is 0 Å². The van der Waals surface area contributed by atoms with E-state index in [0.717, 1.165) is 35.2 Å². The average molecular weight is 293 g/mol. The summed E-state index contributed by atoms with van der Waals surface area (Å²) in [4.78, 5) is 8.26. The summed E-state index contributed by atoms with van der Waals surface area (Å²) >= 11 is 0. The molecular formula is C17H15N3O2. The van der Waals surface area contributed by atoms with Crippen molar-refractivity contribution in [2.24, 2.45) is 0 Å². The SMILES string of the molecule is Nc1ncnc2ccc(CCc3ccc4c(c3)OCO4)cc12. The summed E-state index contributed by atoms with van der Waals surface area (Å²) in [6, 6.07) is 12.2. The lowest BCUT2D eigenvalue weighted by Crippen LogP contribution is -1.96. The van der Waals surface area contributed by atoms with Gasteiger partial charge < -0.3 is 15.2 Å². The minimum absolute atomic E-state index is 0.308. The standard InChI is InChI=1S/C17H15N3O2/c18-17-13-7-11(3-5-14(13)19-9-20-17)1-2-12-4-6-15-16(8-12)22-10-21-15/h3-9H,1-2,10H2,(H2,18,19,20). The van der Waals surface area contributed by atoms with Gasteiger partial charge in [0.2, 0.25) is 6.79 Å². The van der Waals surface area contributed by atoms with E-state index in [0.29, 0.717) is 12.6 Å². The molecule has 1 aromatic heterocycles. The maximum Gasteiger partial charge on any atom is 0.231 e. The van der Waals surface area contributed by atoms with Gasteiger partial charge in [-0.25, -0.2) is 9.97 Å². The van der Waals surface area contributed by atoms with Crippen LogP contribution in [0.15, 0.2) is 42.7 Å². The molecule has 0 saturated heterocycles. The van der Waals surface area contributed by atoms with Crippen molar-refractivity contribution in [3.05, 3.63) is 53.9 Å². The van der Waals surface area contributed by atoms with Gasteiger partial charge in [0.25, 0.3) is 0 Å². The van der Waals surface area contributed by atoms with Crippen LogP contribution in [0.4, 0.5) is 5.82 Å². The normalized spacial score (nSPS) is 12.7. The van der Waals surface area contributed by atoms with E-state index in [-0.39, 0.29) is 0 Å². The second-order valence-corrected chi connectivity index (χ2v) is 5.30. The second kappa shape index (κ2) is 5.18. The number of nitrogens with zero attached hydrogens (tertiary/aromatic N) is 2. The van der Waals surface area contributed by atoms with Crippen LogP contribution in [0.3, 0.4) is 0 Å². The summed E-state index contributed by atoms with van der Waals surface area (Å²) in [5.74, 6) is 2.17. The molecule has 0 aliphatic carbocycles. The zero-order valence-electron chi connectivity index (χ0n) is 12.0. The number of nitrogen functional groups attached to an aromatic ring is 1.